The number of fused-ring (bicyclic) bond motifs is 1. The van der Waals surface area contributed by atoms with Crippen LogP contribution in [-0.2, 0) is 14.8 Å². The largest absolute Gasteiger partial charge is 0.425 e. The highest BCUT2D eigenvalue weighted by Crippen LogP contribution is 2.24. The van der Waals surface area contributed by atoms with Crippen molar-refractivity contribution in [2.24, 2.45) is 0 Å². The monoisotopic (exact) mass is 449 g/mol. The van der Waals surface area contributed by atoms with Crippen LogP contribution in [0.25, 0.3) is 11.0 Å². The zero-order chi connectivity index (χ0) is 22.7. The number of rotatable bonds is 6. The second kappa shape index (κ2) is 8.78. The van der Waals surface area contributed by atoms with Crippen LogP contribution in [0.2, 0.25) is 0 Å². The summed E-state index contributed by atoms with van der Waals surface area (Å²) in [6.45, 7) is 1.85. The normalized spacial score (nSPS) is 12.4. The van der Waals surface area contributed by atoms with Crippen LogP contribution in [0.3, 0.4) is 0 Å². The topological polar surface area (TPSA) is 103 Å². The van der Waals surface area contributed by atoms with Gasteiger partial charge in [0.1, 0.15) is 17.4 Å². The van der Waals surface area contributed by atoms with Crippen molar-refractivity contribution in [2.45, 2.75) is 17.9 Å². The van der Waals surface area contributed by atoms with Crippen LogP contribution in [0.4, 0.5) is 0 Å². The predicted octanol–water partition coefficient (Wildman–Crippen LogP) is 3.73. The number of nitrogens with one attached hydrogen (secondary N) is 1. The van der Waals surface area contributed by atoms with E-state index >= 15 is 0 Å². The third kappa shape index (κ3) is 4.77. The van der Waals surface area contributed by atoms with E-state index in [0.29, 0.717) is 10.9 Å². The van der Waals surface area contributed by atoms with Crippen LogP contribution in [0.15, 0.2) is 99.0 Å². The van der Waals surface area contributed by atoms with Gasteiger partial charge < -0.3 is 9.15 Å². The van der Waals surface area contributed by atoms with Crippen LogP contribution in [0.5, 0.6) is 5.75 Å². The number of hydrogen-bond acceptors (Lipinski definition) is 6. The van der Waals surface area contributed by atoms with Gasteiger partial charge in [-0.15, -0.1) is 0 Å². The molecule has 0 saturated heterocycles. The minimum atomic E-state index is -4.01. The highest BCUT2D eigenvalue weighted by molar-refractivity contribution is 7.89. The van der Waals surface area contributed by atoms with Gasteiger partial charge in [0.05, 0.1) is 4.90 Å². The summed E-state index contributed by atoms with van der Waals surface area (Å²) in [5.74, 6) is -0.711. The van der Waals surface area contributed by atoms with Crippen molar-refractivity contribution in [3.05, 3.63) is 106 Å². The van der Waals surface area contributed by atoms with E-state index in [9.17, 15) is 18.0 Å². The number of carbonyl (C=O) groups excluding carboxylic acids is 1. The van der Waals surface area contributed by atoms with Crippen LogP contribution < -0.4 is 15.1 Å². The van der Waals surface area contributed by atoms with Gasteiger partial charge in [-0.3, -0.25) is 0 Å². The van der Waals surface area contributed by atoms with E-state index in [-0.39, 0.29) is 16.2 Å². The Morgan fingerprint density at radius 3 is 2.34 bits per heavy atom. The molecule has 0 spiro atoms. The fraction of sp³-hybridized carbons (Fsp3) is 0.0833. The smallest absolute Gasteiger partial charge is 0.336 e. The van der Waals surface area contributed by atoms with Crippen LogP contribution in [0, 0.1) is 6.92 Å². The summed E-state index contributed by atoms with van der Waals surface area (Å²) in [6.07, 6.45) is 0. The SMILES string of the molecule is Cc1ccc(S(=O)(=O)N[C@H](C(=O)Oc2ccc3ccc(=O)oc3c2)c2ccccc2)cc1. The highest BCUT2D eigenvalue weighted by Gasteiger charge is 2.29. The maximum atomic E-state index is 13.0. The van der Waals surface area contributed by atoms with Crippen LogP contribution in [-0.4, -0.2) is 14.4 Å². The van der Waals surface area contributed by atoms with Crippen molar-refractivity contribution in [3.8, 4) is 5.75 Å². The summed E-state index contributed by atoms with van der Waals surface area (Å²) in [5, 5.41) is 0.657. The summed E-state index contributed by atoms with van der Waals surface area (Å²) in [5.41, 5.74) is 1.04. The van der Waals surface area contributed by atoms with Crippen LogP contribution >= 0.6 is 0 Å². The van der Waals surface area contributed by atoms with E-state index in [4.69, 9.17) is 9.15 Å². The summed E-state index contributed by atoms with van der Waals surface area (Å²) in [7, 11) is -4.01. The molecule has 7 nitrogen and oxygen atoms in total. The molecule has 32 heavy (non-hydrogen) atoms. The molecule has 1 atom stereocenters. The van der Waals surface area contributed by atoms with Gasteiger partial charge in [-0.1, -0.05) is 48.0 Å². The van der Waals surface area contributed by atoms with Crippen molar-refractivity contribution >= 4 is 27.0 Å². The van der Waals surface area contributed by atoms with E-state index in [1.165, 1.54) is 30.3 Å². The lowest BCUT2D eigenvalue weighted by Crippen LogP contribution is -2.36. The first kappa shape index (κ1) is 21.5. The number of ether oxygens (including phenoxy) is 1. The number of aryl methyl sites for hydroxylation is 1. The number of sulfonamides is 1. The molecule has 0 aliphatic heterocycles. The van der Waals surface area contributed by atoms with E-state index in [1.807, 2.05) is 6.92 Å². The second-order valence-electron chi connectivity index (χ2n) is 7.15. The lowest BCUT2D eigenvalue weighted by Gasteiger charge is -2.18. The third-order valence-corrected chi connectivity index (χ3v) is 6.22. The Morgan fingerprint density at radius 1 is 0.938 bits per heavy atom. The Bertz CT molecular complexity index is 1430. The molecule has 8 heteroatoms. The fourth-order valence-corrected chi connectivity index (χ4v) is 4.29. The summed E-state index contributed by atoms with van der Waals surface area (Å²) in [6, 6.07) is 20.9. The van der Waals surface area contributed by atoms with E-state index < -0.39 is 27.7 Å². The number of benzene rings is 3. The first-order valence-electron chi connectivity index (χ1n) is 9.71. The first-order chi connectivity index (χ1) is 15.3. The van der Waals surface area contributed by atoms with Crippen LogP contribution in [0.1, 0.15) is 17.2 Å². The number of esters is 1. The lowest BCUT2D eigenvalue weighted by atomic mass is 10.1. The molecular weight excluding hydrogens is 430 g/mol. The quantitative estimate of drug-likeness (QED) is 0.273. The molecule has 1 heterocycles. The van der Waals surface area contributed by atoms with Gasteiger partial charge in [-0.2, -0.15) is 4.72 Å². The molecule has 0 radical (unpaired) electrons. The minimum Gasteiger partial charge on any atom is -0.425 e. The molecule has 0 saturated carbocycles. The van der Waals surface area contributed by atoms with Crippen molar-refractivity contribution < 1.29 is 22.4 Å². The molecule has 0 aliphatic carbocycles. The van der Waals surface area contributed by atoms with Gasteiger partial charge in [0.15, 0.2) is 0 Å². The standard InChI is InChI=1S/C24H19NO6S/c1-16-7-12-20(13-8-16)32(28,29)25-23(18-5-3-2-4-6-18)24(27)30-19-11-9-17-10-14-22(26)31-21(17)15-19/h2-15,23,25H,1H3/t23-/m0/s1. The molecule has 1 aromatic heterocycles. The van der Waals surface area contributed by atoms with Gasteiger partial charge in [-0.25, -0.2) is 18.0 Å². The zero-order valence-corrected chi connectivity index (χ0v) is 17.8. The molecule has 0 aliphatic rings. The number of hydrogen-bond donors (Lipinski definition) is 1. The molecule has 4 aromatic rings. The molecule has 162 valence electrons. The van der Waals surface area contributed by atoms with Gasteiger partial charge in [0, 0.05) is 17.5 Å². The molecule has 4 rings (SSSR count). The Kier molecular flexibility index (Phi) is 5.89. The average Bonchev–Trinajstić information content (AvgIpc) is 2.78. The Labute approximate surface area is 184 Å². The van der Waals surface area contributed by atoms with E-state index in [1.54, 1.807) is 54.6 Å². The van der Waals surface area contributed by atoms with Crippen molar-refractivity contribution in [3.63, 3.8) is 0 Å². The zero-order valence-electron chi connectivity index (χ0n) is 17.0. The van der Waals surface area contributed by atoms with Gasteiger partial charge in [0.25, 0.3) is 0 Å². The predicted molar refractivity (Wildman–Crippen MR) is 119 cm³/mol. The summed E-state index contributed by atoms with van der Waals surface area (Å²) in [4.78, 5) is 24.5. The molecule has 3 aromatic carbocycles. The van der Waals surface area contributed by atoms with Gasteiger partial charge >= 0.3 is 11.6 Å². The molecular formula is C24H19NO6S. The third-order valence-electron chi connectivity index (χ3n) is 4.79. The fourth-order valence-electron chi connectivity index (χ4n) is 3.12. The summed E-state index contributed by atoms with van der Waals surface area (Å²) < 4.78 is 38.9. The van der Waals surface area contributed by atoms with Gasteiger partial charge in [0.2, 0.25) is 10.0 Å². The molecule has 0 fully saturated rings. The Balaban J connectivity index is 1.65. The summed E-state index contributed by atoms with van der Waals surface area (Å²) >= 11 is 0. The first-order valence-corrected chi connectivity index (χ1v) is 11.2. The lowest BCUT2D eigenvalue weighted by molar-refractivity contribution is -0.136. The van der Waals surface area contributed by atoms with Crippen molar-refractivity contribution in [1.29, 1.82) is 0 Å². The molecule has 0 amide bonds. The maximum Gasteiger partial charge on any atom is 0.336 e. The van der Waals surface area contributed by atoms with Gasteiger partial charge in [-0.05, 0) is 42.8 Å². The highest BCUT2D eigenvalue weighted by atomic mass is 32.2. The maximum absolute atomic E-state index is 13.0. The van der Waals surface area contributed by atoms with E-state index in [0.717, 1.165) is 5.56 Å². The molecule has 0 bridgehead atoms. The molecule has 0 unspecified atom stereocenters. The van der Waals surface area contributed by atoms with Crippen molar-refractivity contribution in [1.82, 2.24) is 4.72 Å². The van der Waals surface area contributed by atoms with Crippen molar-refractivity contribution in [2.75, 3.05) is 0 Å². The van der Waals surface area contributed by atoms with E-state index in [2.05, 4.69) is 4.72 Å². The number of carbonyl (C=O) groups is 1. The molecule has 1 N–H and O–H groups in total. The average molecular weight is 449 g/mol. The minimum absolute atomic E-state index is 0.0318. The Morgan fingerprint density at radius 2 is 1.62 bits per heavy atom. The second-order valence-corrected chi connectivity index (χ2v) is 8.87. The Hall–Kier alpha value is -3.75.